The van der Waals surface area contributed by atoms with Crippen molar-refractivity contribution in [1.29, 1.82) is 0 Å². The van der Waals surface area contributed by atoms with Crippen LogP contribution < -0.4 is 0 Å². The predicted octanol–water partition coefficient (Wildman–Crippen LogP) is 4.75. The van der Waals surface area contributed by atoms with Crippen molar-refractivity contribution in [3.05, 3.63) is 65.1 Å². The molecule has 0 unspecified atom stereocenters. The summed E-state index contributed by atoms with van der Waals surface area (Å²) in [4.78, 5) is 4.50. The molecule has 28 heavy (non-hydrogen) atoms. The van der Waals surface area contributed by atoms with Gasteiger partial charge in [0.15, 0.2) is 0 Å². The first-order valence-electron chi connectivity index (χ1n) is 8.02. The van der Waals surface area contributed by atoms with Gasteiger partial charge >= 0.3 is 6.18 Å². The number of furan rings is 1. The highest BCUT2D eigenvalue weighted by molar-refractivity contribution is 7.98. The van der Waals surface area contributed by atoms with E-state index >= 15 is 0 Å². The lowest BCUT2D eigenvalue weighted by atomic mass is 10.1. The highest BCUT2D eigenvalue weighted by Gasteiger charge is 2.30. The van der Waals surface area contributed by atoms with Crippen molar-refractivity contribution in [3.63, 3.8) is 0 Å². The molecular formula is C17H12F3N5OS2. The Morgan fingerprint density at radius 3 is 2.68 bits per heavy atom. The van der Waals surface area contributed by atoms with Crippen molar-refractivity contribution >= 4 is 23.1 Å². The van der Waals surface area contributed by atoms with E-state index in [2.05, 4.69) is 20.5 Å². The zero-order valence-corrected chi connectivity index (χ0v) is 15.8. The second-order valence-corrected chi connectivity index (χ2v) is 7.51. The molecule has 0 amide bonds. The van der Waals surface area contributed by atoms with E-state index in [0.717, 1.165) is 23.6 Å². The molecule has 0 aliphatic heterocycles. The monoisotopic (exact) mass is 423 g/mol. The predicted molar refractivity (Wildman–Crippen MR) is 97.7 cm³/mol. The van der Waals surface area contributed by atoms with Crippen LogP contribution >= 0.6 is 23.1 Å². The van der Waals surface area contributed by atoms with Gasteiger partial charge in [-0.1, -0.05) is 23.9 Å². The molecule has 1 aromatic carbocycles. The van der Waals surface area contributed by atoms with E-state index in [0.29, 0.717) is 28.0 Å². The largest absolute Gasteiger partial charge is 0.467 e. The third kappa shape index (κ3) is 4.25. The number of rotatable bonds is 6. The van der Waals surface area contributed by atoms with Gasteiger partial charge in [0.1, 0.15) is 17.3 Å². The minimum atomic E-state index is -4.34. The number of hydrogen-bond donors (Lipinski definition) is 0. The molecule has 0 aliphatic rings. The maximum absolute atomic E-state index is 12.7. The molecule has 4 aromatic rings. The van der Waals surface area contributed by atoms with Crippen molar-refractivity contribution in [2.75, 3.05) is 0 Å². The van der Waals surface area contributed by atoms with E-state index < -0.39 is 11.7 Å². The van der Waals surface area contributed by atoms with E-state index in [1.165, 1.54) is 35.2 Å². The second kappa shape index (κ2) is 7.76. The van der Waals surface area contributed by atoms with Crippen LogP contribution in [0.25, 0.3) is 10.6 Å². The first-order chi connectivity index (χ1) is 13.5. The summed E-state index contributed by atoms with van der Waals surface area (Å²) in [6.07, 6.45) is -2.76. The van der Waals surface area contributed by atoms with E-state index in [1.54, 1.807) is 17.0 Å². The molecule has 0 saturated carbocycles. The van der Waals surface area contributed by atoms with Crippen molar-refractivity contribution in [1.82, 2.24) is 25.2 Å². The minimum Gasteiger partial charge on any atom is -0.467 e. The van der Waals surface area contributed by atoms with Gasteiger partial charge in [-0.2, -0.15) is 13.2 Å². The van der Waals surface area contributed by atoms with Crippen molar-refractivity contribution in [2.24, 2.45) is 0 Å². The van der Waals surface area contributed by atoms with Crippen LogP contribution in [-0.2, 0) is 18.5 Å². The number of aromatic nitrogens is 5. The molecule has 0 spiro atoms. The quantitative estimate of drug-likeness (QED) is 0.417. The molecule has 3 aromatic heterocycles. The zero-order chi connectivity index (χ0) is 19.6. The molecule has 0 aliphatic carbocycles. The first-order valence-corrected chi connectivity index (χ1v) is 9.89. The molecule has 0 radical (unpaired) electrons. The molecule has 0 saturated heterocycles. The van der Waals surface area contributed by atoms with Crippen LogP contribution in [0.5, 0.6) is 0 Å². The third-order valence-corrected chi connectivity index (χ3v) is 5.68. The fourth-order valence-electron chi connectivity index (χ4n) is 2.40. The zero-order valence-electron chi connectivity index (χ0n) is 14.1. The molecule has 11 heteroatoms. The molecule has 144 valence electrons. The Balaban J connectivity index is 1.41. The van der Waals surface area contributed by atoms with Crippen LogP contribution in [0, 0.1) is 0 Å². The third-order valence-electron chi connectivity index (χ3n) is 3.74. The lowest BCUT2D eigenvalue weighted by molar-refractivity contribution is -0.137. The number of nitrogens with zero attached hydrogens (tertiary/aromatic N) is 5. The fourth-order valence-corrected chi connectivity index (χ4v) is 4.10. The number of thioether (sulfide) groups is 1. The van der Waals surface area contributed by atoms with Crippen LogP contribution in [0.3, 0.4) is 0 Å². The highest BCUT2D eigenvalue weighted by atomic mass is 32.2. The maximum atomic E-state index is 12.7. The van der Waals surface area contributed by atoms with Crippen molar-refractivity contribution < 1.29 is 17.6 Å². The average Bonchev–Trinajstić information content (AvgIpc) is 3.42. The summed E-state index contributed by atoms with van der Waals surface area (Å²) in [5.41, 5.74) is 0.779. The number of benzene rings is 1. The lowest BCUT2D eigenvalue weighted by Gasteiger charge is -2.06. The van der Waals surface area contributed by atoms with Crippen LogP contribution in [0.15, 0.2) is 57.6 Å². The fraction of sp³-hybridized carbons (Fsp3) is 0.176. The van der Waals surface area contributed by atoms with Crippen LogP contribution in [0.2, 0.25) is 0 Å². The van der Waals surface area contributed by atoms with Gasteiger partial charge in [0.05, 0.1) is 17.5 Å². The Morgan fingerprint density at radius 2 is 1.96 bits per heavy atom. The molecule has 3 heterocycles. The number of halogens is 3. The van der Waals surface area contributed by atoms with Crippen LogP contribution in [0.4, 0.5) is 13.2 Å². The Bertz CT molecular complexity index is 1040. The van der Waals surface area contributed by atoms with Gasteiger partial charge in [-0.3, -0.25) is 0 Å². The van der Waals surface area contributed by atoms with Gasteiger partial charge in [0.25, 0.3) is 0 Å². The standard InChI is InChI=1S/C17H12F3N5OS2/c18-17(19,20)12-5-3-11(4-6-12)15-21-13(9-27-15)10-28-16-22-23-24-25(16)8-14-2-1-7-26-14/h1-7,9H,8,10H2. The SMILES string of the molecule is FC(F)(F)c1ccc(-c2nc(CSc3nnnn3Cc3ccco3)cs2)cc1. The maximum Gasteiger partial charge on any atom is 0.416 e. The molecular weight excluding hydrogens is 411 g/mol. The molecule has 0 atom stereocenters. The van der Waals surface area contributed by atoms with Crippen molar-refractivity contribution in [3.8, 4) is 10.6 Å². The normalized spacial score (nSPS) is 11.8. The molecule has 0 fully saturated rings. The van der Waals surface area contributed by atoms with Crippen LogP contribution in [0.1, 0.15) is 17.0 Å². The number of tetrazole rings is 1. The lowest BCUT2D eigenvalue weighted by Crippen LogP contribution is -2.03. The highest BCUT2D eigenvalue weighted by Crippen LogP contribution is 2.32. The van der Waals surface area contributed by atoms with Gasteiger partial charge in [-0.05, 0) is 34.7 Å². The first kappa shape index (κ1) is 18.7. The number of thiazole rings is 1. The Morgan fingerprint density at radius 1 is 1.14 bits per heavy atom. The Hall–Kier alpha value is -2.66. The summed E-state index contributed by atoms with van der Waals surface area (Å²) in [7, 11) is 0. The summed E-state index contributed by atoms with van der Waals surface area (Å²) in [5.74, 6) is 1.28. The van der Waals surface area contributed by atoms with Gasteiger partial charge in [-0.25, -0.2) is 9.67 Å². The summed E-state index contributed by atoms with van der Waals surface area (Å²) in [6, 6.07) is 8.63. The second-order valence-electron chi connectivity index (χ2n) is 5.71. The molecule has 6 nitrogen and oxygen atoms in total. The van der Waals surface area contributed by atoms with Gasteiger partial charge < -0.3 is 4.42 Å². The summed E-state index contributed by atoms with van der Waals surface area (Å²) in [5, 5.41) is 14.8. The van der Waals surface area contributed by atoms with Gasteiger partial charge in [0, 0.05) is 16.7 Å². The van der Waals surface area contributed by atoms with Crippen molar-refractivity contribution in [2.45, 2.75) is 23.6 Å². The average molecular weight is 423 g/mol. The minimum absolute atomic E-state index is 0.427. The Labute approximate surface area is 165 Å². The van der Waals surface area contributed by atoms with Gasteiger partial charge in [0.2, 0.25) is 5.16 Å². The summed E-state index contributed by atoms with van der Waals surface area (Å²) < 4.78 is 45.0. The molecule has 4 rings (SSSR count). The van der Waals surface area contributed by atoms with E-state index in [1.807, 2.05) is 11.4 Å². The van der Waals surface area contributed by atoms with Gasteiger partial charge in [-0.15, -0.1) is 16.4 Å². The van der Waals surface area contributed by atoms with E-state index in [-0.39, 0.29) is 0 Å². The van der Waals surface area contributed by atoms with Crippen LogP contribution in [-0.4, -0.2) is 25.2 Å². The molecule has 0 bridgehead atoms. The van der Waals surface area contributed by atoms with E-state index in [9.17, 15) is 13.2 Å². The number of alkyl halides is 3. The molecule has 0 N–H and O–H groups in total. The Kier molecular flexibility index (Phi) is 5.18. The summed E-state index contributed by atoms with van der Waals surface area (Å²) in [6.45, 7) is 0.427. The topological polar surface area (TPSA) is 69.6 Å². The number of hydrogen-bond acceptors (Lipinski definition) is 7. The smallest absolute Gasteiger partial charge is 0.416 e. The van der Waals surface area contributed by atoms with E-state index in [4.69, 9.17) is 4.42 Å². The summed E-state index contributed by atoms with van der Waals surface area (Å²) >= 11 is 2.81.